The second kappa shape index (κ2) is 9.49. The maximum atomic E-state index is 8.76. The fourth-order valence-electron chi connectivity index (χ4n) is 0.748. The van der Waals surface area contributed by atoms with Gasteiger partial charge in [0, 0.05) is 6.42 Å². The molecule has 0 spiro atoms. The van der Waals surface area contributed by atoms with Gasteiger partial charge in [0.05, 0.1) is 39.1 Å². The van der Waals surface area contributed by atoms with Crippen molar-refractivity contribution < 1.29 is 19.7 Å². The number of aliphatic hydroxyl groups is 2. The summed E-state index contributed by atoms with van der Waals surface area (Å²) in [6.07, 6.45) is 5.15. The van der Waals surface area contributed by atoms with Gasteiger partial charge in [0.25, 0.3) is 0 Å². The third-order valence-electron chi connectivity index (χ3n) is 1.37. The molecule has 0 aromatic carbocycles. The molecule has 4 nitrogen and oxygen atoms in total. The number of rotatable bonds is 8. The summed E-state index contributed by atoms with van der Waals surface area (Å²) >= 11 is 0. The van der Waals surface area contributed by atoms with Gasteiger partial charge < -0.3 is 19.7 Å². The standard InChI is InChI=1S/C9H16O4/c1-2-3-9(8-11)13-7-6-12-5-4-10/h1,9-11H,3-8H2. The highest BCUT2D eigenvalue weighted by Crippen LogP contribution is 1.95. The molecular weight excluding hydrogens is 172 g/mol. The van der Waals surface area contributed by atoms with E-state index in [0.29, 0.717) is 26.2 Å². The molecule has 0 saturated heterocycles. The molecule has 0 aromatic rings. The largest absolute Gasteiger partial charge is 0.394 e. The van der Waals surface area contributed by atoms with Gasteiger partial charge in [-0.15, -0.1) is 12.3 Å². The van der Waals surface area contributed by atoms with Crippen molar-refractivity contribution in [3.63, 3.8) is 0 Å². The minimum atomic E-state index is -0.303. The third kappa shape index (κ3) is 7.75. The van der Waals surface area contributed by atoms with Crippen molar-refractivity contribution in [2.24, 2.45) is 0 Å². The molecule has 0 saturated carbocycles. The first-order valence-corrected chi connectivity index (χ1v) is 4.19. The van der Waals surface area contributed by atoms with Gasteiger partial charge in [0.1, 0.15) is 0 Å². The minimum Gasteiger partial charge on any atom is -0.394 e. The molecule has 0 fully saturated rings. The number of aliphatic hydroxyl groups excluding tert-OH is 2. The van der Waals surface area contributed by atoms with E-state index >= 15 is 0 Å². The van der Waals surface area contributed by atoms with Crippen LogP contribution in [0.4, 0.5) is 0 Å². The molecule has 1 atom stereocenters. The van der Waals surface area contributed by atoms with Crippen LogP contribution < -0.4 is 0 Å². The predicted molar refractivity (Wildman–Crippen MR) is 48.2 cm³/mol. The predicted octanol–water partition coefficient (Wildman–Crippen LogP) is -0.604. The zero-order valence-corrected chi connectivity index (χ0v) is 7.61. The summed E-state index contributed by atoms with van der Waals surface area (Å²) in [5, 5.41) is 17.1. The topological polar surface area (TPSA) is 58.9 Å². The van der Waals surface area contributed by atoms with E-state index in [1.165, 1.54) is 0 Å². The summed E-state index contributed by atoms with van der Waals surface area (Å²) in [5.41, 5.74) is 0. The van der Waals surface area contributed by atoms with Crippen molar-refractivity contribution in [3.8, 4) is 12.3 Å². The average Bonchev–Trinajstić information content (AvgIpc) is 2.16. The van der Waals surface area contributed by atoms with Crippen LogP contribution in [0.2, 0.25) is 0 Å². The molecule has 0 amide bonds. The Labute approximate surface area is 78.5 Å². The van der Waals surface area contributed by atoms with Gasteiger partial charge in [-0.3, -0.25) is 0 Å². The molecule has 13 heavy (non-hydrogen) atoms. The lowest BCUT2D eigenvalue weighted by Crippen LogP contribution is -2.20. The molecular formula is C9H16O4. The summed E-state index contributed by atoms with van der Waals surface area (Å²) in [6, 6.07) is 0. The fourth-order valence-corrected chi connectivity index (χ4v) is 0.748. The molecule has 0 aliphatic heterocycles. The fraction of sp³-hybridized carbons (Fsp3) is 0.778. The third-order valence-corrected chi connectivity index (χ3v) is 1.37. The molecule has 76 valence electrons. The Morgan fingerprint density at radius 1 is 1.23 bits per heavy atom. The smallest absolute Gasteiger partial charge is 0.0915 e. The number of hydrogen-bond donors (Lipinski definition) is 2. The van der Waals surface area contributed by atoms with Crippen LogP contribution in [0.1, 0.15) is 6.42 Å². The van der Waals surface area contributed by atoms with Crippen molar-refractivity contribution in [2.75, 3.05) is 33.0 Å². The van der Waals surface area contributed by atoms with Gasteiger partial charge >= 0.3 is 0 Å². The monoisotopic (exact) mass is 188 g/mol. The van der Waals surface area contributed by atoms with Gasteiger partial charge in [-0.25, -0.2) is 0 Å². The molecule has 0 bridgehead atoms. The van der Waals surface area contributed by atoms with Gasteiger partial charge in [-0.1, -0.05) is 0 Å². The first-order chi connectivity index (χ1) is 6.35. The SMILES string of the molecule is C#CCC(CO)OCCOCCO. The van der Waals surface area contributed by atoms with Gasteiger partial charge in [0.15, 0.2) is 0 Å². The van der Waals surface area contributed by atoms with Crippen molar-refractivity contribution in [3.05, 3.63) is 0 Å². The molecule has 1 unspecified atom stereocenters. The summed E-state index contributed by atoms with van der Waals surface area (Å²) in [7, 11) is 0. The maximum absolute atomic E-state index is 8.76. The quantitative estimate of drug-likeness (QED) is 0.394. The number of terminal acetylenes is 1. The lowest BCUT2D eigenvalue weighted by molar-refractivity contribution is -0.0210. The lowest BCUT2D eigenvalue weighted by atomic mass is 10.3. The Bertz CT molecular complexity index is 141. The average molecular weight is 188 g/mol. The lowest BCUT2D eigenvalue weighted by Gasteiger charge is -2.12. The van der Waals surface area contributed by atoms with Crippen LogP contribution in [-0.4, -0.2) is 49.4 Å². The van der Waals surface area contributed by atoms with Crippen LogP contribution in [0, 0.1) is 12.3 Å². The summed E-state index contributed by atoms with van der Waals surface area (Å²) in [4.78, 5) is 0. The van der Waals surface area contributed by atoms with Crippen LogP contribution in [0.15, 0.2) is 0 Å². The van der Waals surface area contributed by atoms with Crippen molar-refractivity contribution >= 4 is 0 Å². The molecule has 0 aliphatic rings. The van der Waals surface area contributed by atoms with E-state index in [9.17, 15) is 0 Å². The Morgan fingerprint density at radius 2 is 2.00 bits per heavy atom. The van der Waals surface area contributed by atoms with Crippen LogP contribution >= 0.6 is 0 Å². The minimum absolute atomic E-state index is 0.00772. The molecule has 0 rings (SSSR count). The molecule has 2 N–H and O–H groups in total. The Balaban J connectivity index is 3.23. The van der Waals surface area contributed by atoms with Gasteiger partial charge in [-0.2, -0.15) is 0 Å². The van der Waals surface area contributed by atoms with E-state index in [1.807, 2.05) is 0 Å². The first kappa shape index (κ1) is 12.4. The zero-order chi connectivity index (χ0) is 9.94. The highest BCUT2D eigenvalue weighted by Gasteiger charge is 2.04. The van der Waals surface area contributed by atoms with Crippen LogP contribution in [0.25, 0.3) is 0 Å². The Hall–Kier alpha value is -0.600. The molecule has 0 aliphatic carbocycles. The normalized spacial score (nSPS) is 12.4. The summed E-state index contributed by atoms with van der Waals surface area (Å²) < 4.78 is 10.1. The zero-order valence-electron chi connectivity index (χ0n) is 7.61. The summed E-state index contributed by atoms with van der Waals surface area (Å²) in [5.74, 6) is 2.40. The van der Waals surface area contributed by atoms with Crippen LogP contribution in [0.3, 0.4) is 0 Å². The molecule has 4 heteroatoms. The Kier molecular flexibility index (Phi) is 9.05. The molecule has 0 heterocycles. The number of ether oxygens (including phenoxy) is 2. The van der Waals surface area contributed by atoms with Crippen molar-refractivity contribution in [1.29, 1.82) is 0 Å². The van der Waals surface area contributed by atoms with Crippen LogP contribution in [-0.2, 0) is 9.47 Å². The second-order valence-corrected chi connectivity index (χ2v) is 2.42. The maximum Gasteiger partial charge on any atom is 0.0915 e. The van der Waals surface area contributed by atoms with E-state index < -0.39 is 0 Å². The van der Waals surface area contributed by atoms with E-state index in [4.69, 9.17) is 26.1 Å². The van der Waals surface area contributed by atoms with Gasteiger partial charge in [-0.05, 0) is 0 Å². The van der Waals surface area contributed by atoms with E-state index in [2.05, 4.69) is 5.92 Å². The second-order valence-electron chi connectivity index (χ2n) is 2.42. The highest BCUT2D eigenvalue weighted by molar-refractivity contribution is 4.87. The highest BCUT2D eigenvalue weighted by atomic mass is 16.5. The summed E-state index contributed by atoms with van der Waals surface area (Å²) in [6.45, 7) is 1.02. The van der Waals surface area contributed by atoms with Gasteiger partial charge in [0.2, 0.25) is 0 Å². The molecule has 0 aromatic heterocycles. The number of hydrogen-bond acceptors (Lipinski definition) is 4. The van der Waals surface area contributed by atoms with Crippen LogP contribution in [0.5, 0.6) is 0 Å². The van der Waals surface area contributed by atoms with Crippen molar-refractivity contribution in [2.45, 2.75) is 12.5 Å². The van der Waals surface area contributed by atoms with E-state index in [1.54, 1.807) is 0 Å². The molecule has 0 radical (unpaired) electrons. The van der Waals surface area contributed by atoms with E-state index in [0.717, 1.165) is 0 Å². The first-order valence-electron chi connectivity index (χ1n) is 4.19. The van der Waals surface area contributed by atoms with Crippen molar-refractivity contribution in [1.82, 2.24) is 0 Å². The Morgan fingerprint density at radius 3 is 2.54 bits per heavy atom. The van der Waals surface area contributed by atoms with E-state index in [-0.39, 0.29) is 19.3 Å².